The Hall–Kier alpha value is -2.86. The molecule has 1 N–H and O–H groups in total. The second-order valence-electron chi connectivity index (χ2n) is 6.78. The van der Waals surface area contributed by atoms with Gasteiger partial charge in [-0.25, -0.2) is 9.67 Å². The van der Waals surface area contributed by atoms with Crippen LogP contribution >= 0.6 is 34.8 Å². The predicted octanol–water partition coefficient (Wildman–Crippen LogP) is 6.71. The van der Waals surface area contributed by atoms with Crippen molar-refractivity contribution >= 4 is 46.4 Å². The van der Waals surface area contributed by atoms with Crippen molar-refractivity contribution in [2.45, 2.75) is 13.3 Å². The lowest BCUT2D eigenvalue weighted by molar-refractivity contribution is 0.101. The van der Waals surface area contributed by atoms with Crippen molar-refractivity contribution in [3.05, 3.63) is 93.2 Å². The molecule has 31 heavy (non-hydrogen) atoms. The zero-order chi connectivity index (χ0) is 22.0. The second kappa shape index (κ2) is 9.10. The topological polar surface area (TPSA) is 59.8 Å². The van der Waals surface area contributed by atoms with Gasteiger partial charge in [-0.1, -0.05) is 66.0 Å². The van der Waals surface area contributed by atoms with Crippen molar-refractivity contribution in [2.75, 3.05) is 5.32 Å². The van der Waals surface area contributed by atoms with Crippen LogP contribution in [0.1, 0.15) is 23.1 Å². The van der Waals surface area contributed by atoms with E-state index in [0.717, 1.165) is 6.42 Å². The maximum absolute atomic E-state index is 12.9. The second-order valence-corrected chi connectivity index (χ2v) is 8.04. The first-order valence-electron chi connectivity index (χ1n) is 9.53. The lowest BCUT2D eigenvalue weighted by Crippen LogP contribution is -2.14. The standard InChI is InChI=1S/C23H17Cl3N4O/c1-2-14-6-8-17(9-7-14)27-23(31)21-28-22(15-4-3-5-16(24)12-15)30(29-21)18-10-11-19(25)20(26)13-18/h3-13H,2H2,1H3,(H,27,31). The van der Waals surface area contributed by atoms with Gasteiger partial charge in [-0.15, -0.1) is 5.10 Å². The Bertz CT molecular complexity index is 1250. The van der Waals surface area contributed by atoms with Crippen LogP contribution in [0.4, 0.5) is 5.69 Å². The van der Waals surface area contributed by atoms with Gasteiger partial charge in [0, 0.05) is 16.3 Å². The maximum atomic E-state index is 12.9. The van der Waals surface area contributed by atoms with Crippen LogP contribution in [0.25, 0.3) is 17.1 Å². The van der Waals surface area contributed by atoms with Crippen LogP contribution in [0.3, 0.4) is 0 Å². The zero-order valence-electron chi connectivity index (χ0n) is 16.4. The summed E-state index contributed by atoms with van der Waals surface area (Å²) in [5.74, 6) is 0.0410. The molecule has 0 spiro atoms. The fraction of sp³-hybridized carbons (Fsp3) is 0.0870. The van der Waals surface area contributed by atoms with Crippen molar-refractivity contribution in [1.29, 1.82) is 0 Å². The molecule has 0 aliphatic heterocycles. The molecule has 5 nitrogen and oxygen atoms in total. The van der Waals surface area contributed by atoms with Crippen molar-refractivity contribution in [3.8, 4) is 17.1 Å². The number of hydrogen-bond donors (Lipinski definition) is 1. The van der Waals surface area contributed by atoms with Crippen molar-refractivity contribution < 1.29 is 4.79 Å². The lowest BCUT2D eigenvalue weighted by Gasteiger charge is -2.07. The predicted molar refractivity (Wildman–Crippen MR) is 126 cm³/mol. The minimum atomic E-state index is -0.425. The average Bonchev–Trinajstić information content (AvgIpc) is 3.22. The molecule has 0 saturated carbocycles. The van der Waals surface area contributed by atoms with Crippen LogP contribution in [0.5, 0.6) is 0 Å². The number of rotatable bonds is 5. The molecule has 3 aromatic carbocycles. The molecule has 0 aliphatic rings. The normalized spacial score (nSPS) is 10.8. The number of carbonyl (C=O) groups is 1. The first kappa shape index (κ1) is 21.4. The molecule has 1 amide bonds. The Morgan fingerprint density at radius 1 is 0.968 bits per heavy atom. The molecule has 156 valence electrons. The van der Waals surface area contributed by atoms with Crippen LogP contribution in [-0.2, 0) is 6.42 Å². The highest BCUT2D eigenvalue weighted by Crippen LogP contribution is 2.28. The quantitative estimate of drug-likeness (QED) is 0.352. The number of carbonyl (C=O) groups excluding carboxylic acids is 1. The maximum Gasteiger partial charge on any atom is 0.295 e. The molecular weight excluding hydrogens is 455 g/mol. The van der Waals surface area contributed by atoms with Crippen LogP contribution < -0.4 is 5.32 Å². The lowest BCUT2D eigenvalue weighted by atomic mass is 10.1. The van der Waals surface area contributed by atoms with Crippen LogP contribution in [0.2, 0.25) is 15.1 Å². The minimum Gasteiger partial charge on any atom is -0.319 e. The third-order valence-corrected chi connectivity index (χ3v) is 5.63. The summed E-state index contributed by atoms with van der Waals surface area (Å²) in [7, 11) is 0. The summed E-state index contributed by atoms with van der Waals surface area (Å²) >= 11 is 18.4. The molecule has 0 unspecified atom stereocenters. The number of hydrogen-bond acceptors (Lipinski definition) is 3. The average molecular weight is 472 g/mol. The fourth-order valence-corrected chi connectivity index (χ4v) is 3.51. The molecule has 0 aliphatic carbocycles. The van der Waals surface area contributed by atoms with Gasteiger partial charge in [-0.2, -0.15) is 0 Å². The van der Waals surface area contributed by atoms with E-state index in [9.17, 15) is 4.79 Å². The van der Waals surface area contributed by atoms with E-state index in [-0.39, 0.29) is 5.82 Å². The van der Waals surface area contributed by atoms with Gasteiger partial charge >= 0.3 is 0 Å². The first-order chi connectivity index (χ1) is 14.9. The highest BCUT2D eigenvalue weighted by atomic mass is 35.5. The van der Waals surface area contributed by atoms with Gasteiger partial charge in [0.15, 0.2) is 5.82 Å². The highest BCUT2D eigenvalue weighted by Gasteiger charge is 2.20. The molecule has 0 saturated heterocycles. The number of anilines is 1. The van der Waals surface area contributed by atoms with E-state index in [0.29, 0.717) is 37.8 Å². The van der Waals surface area contributed by atoms with Crippen LogP contribution in [-0.4, -0.2) is 20.7 Å². The third kappa shape index (κ3) is 4.74. The molecule has 4 rings (SSSR count). The Kier molecular flexibility index (Phi) is 6.28. The fourth-order valence-electron chi connectivity index (χ4n) is 3.03. The van der Waals surface area contributed by atoms with Gasteiger partial charge in [0.2, 0.25) is 5.82 Å². The number of benzene rings is 3. The first-order valence-corrected chi connectivity index (χ1v) is 10.7. The van der Waals surface area contributed by atoms with Gasteiger partial charge in [-0.05, 0) is 54.4 Å². The number of aromatic nitrogens is 3. The van der Waals surface area contributed by atoms with Crippen molar-refractivity contribution in [1.82, 2.24) is 14.8 Å². The summed E-state index contributed by atoms with van der Waals surface area (Å²) in [6.07, 6.45) is 0.923. The van der Waals surface area contributed by atoms with Gasteiger partial charge < -0.3 is 5.32 Å². The monoisotopic (exact) mass is 470 g/mol. The molecule has 0 bridgehead atoms. The summed E-state index contributed by atoms with van der Waals surface area (Å²) in [6.45, 7) is 2.07. The van der Waals surface area contributed by atoms with Gasteiger partial charge in [0.25, 0.3) is 5.91 Å². The zero-order valence-corrected chi connectivity index (χ0v) is 18.7. The highest BCUT2D eigenvalue weighted by molar-refractivity contribution is 6.42. The smallest absolute Gasteiger partial charge is 0.295 e. The van der Waals surface area contributed by atoms with E-state index >= 15 is 0 Å². The van der Waals surface area contributed by atoms with Gasteiger partial charge in [0.05, 0.1) is 15.7 Å². The van der Waals surface area contributed by atoms with Gasteiger partial charge in [-0.3, -0.25) is 4.79 Å². The van der Waals surface area contributed by atoms with Crippen LogP contribution in [0, 0.1) is 0 Å². The summed E-state index contributed by atoms with van der Waals surface area (Å²) in [5.41, 5.74) is 3.17. The van der Waals surface area contributed by atoms with Crippen molar-refractivity contribution in [3.63, 3.8) is 0 Å². The van der Waals surface area contributed by atoms with E-state index in [1.807, 2.05) is 30.3 Å². The number of nitrogens with one attached hydrogen (secondary N) is 1. The Labute approximate surface area is 194 Å². The molecule has 0 radical (unpaired) electrons. The molecular formula is C23H17Cl3N4O. The summed E-state index contributed by atoms with van der Waals surface area (Å²) in [4.78, 5) is 17.3. The van der Waals surface area contributed by atoms with E-state index < -0.39 is 5.91 Å². The van der Waals surface area contributed by atoms with E-state index in [2.05, 4.69) is 22.3 Å². The Morgan fingerprint density at radius 3 is 2.42 bits per heavy atom. The Balaban J connectivity index is 1.74. The van der Waals surface area contributed by atoms with Gasteiger partial charge in [0.1, 0.15) is 0 Å². The van der Waals surface area contributed by atoms with E-state index in [1.165, 1.54) is 5.56 Å². The molecule has 4 aromatic rings. The number of amides is 1. The minimum absolute atomic E-state index is 0.0145. The Morgan fingerprint density at radius 2 is 1.74 bits per heavy atom. The van der Waals surface area contributed by atoms with Crippen molar-refractivity contribution in [2.24, 2.45) is 0 Å². The molecule has 1 aromatic heterocycles. The third-order valence-electron chi connectivity index (χ3n) is 4.66. The SMILES string of the molecule is CCc1ccc(NC(=O)c2nc(-c3cccc(Cl)c3)n(-c3ccc(Cl)c(Cl)c3)n2)cc1. The molecule has 0 fully saturated rings. The summed E-state index contributed by atoms with van der Waals surface area (Å²) in [6, 6.07) is 19.9. The van der Waals surface area contributed by atoms with E-state index in [4.69, 9.17) is 34.8 Å². The molecule has 8 heteroatoms. The van der Waals surface area contributed by atoms with E-state index in [1.54, 1.807) is 41.1 Å². The summed E-state index contributed by atoms with van der Waals surface area (Å²) < 4.78 is 1.54. The number of nitrogens with zero attached hydrogens (tertiary/aromatic N) is 3. The largest absolute Gasteiger partial charge is 0.319 e. The number of halogens is 3. The molecule has 1 heterocycles. The van der Waals surface area contributed by atoms with Crippen LogP contribution in [0.15, 0.2) is 66.7 Å². The summed E-state index contributed by atoms with van der Waals surface area (Å²) in [5, 5.41) is 8.60. The number of aryl methyl sites for hydroxylation is 1. The molecule has 0 atom stereocenters.